The van der Waals surface area contributed by atoms with Gasteiger partial charge >= 0.3 is 6.18 Å². The molecule has 0 atom stereocenters. The molecule has 3 aromatic rings. The number of hydrogen-bond acceptors (Lipinski definition) is 4. The fraction of sp³-hybridized carbons (Fsp3) is 0.214. The highest BCUT2D eigenvalue weighted by atomic mass is 32.1. The standard InChI is InChI=1S/C14H11F3N2OS/c1-18-7-11-12(14(15,16)17)19-13(21-11)10-6-8-4-2-3-5-9(8)20-10/h2-6,18H,7H2,1H3. The molecule has 2 aromatic heterocycles. The summed E-state index contributed by atoms with van der Waals surface area (Å²) in [6.07, 6.45) is -4.47. The Hall–Kier alpha value is -1.86. The molecule has 0 radical (unpaired) electrons. The van der Waals surface area contributed by atoms with Gasteiger partial charge in [-0.25, -0.2) is 4.98 Å². The van der Waals surface area contributed by atoms with Gasteiger partial charge in [-0.2, -0.15) is 13.2 Å². The van der Waals surface area contributed by atoms with Crippen molar-refractivity contribution >= 4 is 22.3 Å². The number of fused-ring (bicyclic) bond motifs is 1. The molecule has 0 fully saturated rings. The van der Waals surface area contributed by atoms with Crippen LogP contribution >= 0.6 is 11.3 Å². The van der Waals surface area contributed by atoms with Crippen LogP contribution in [0.4, 0.5) is 13.2 Å². The monoisotopic (exact) mass is 312 g/mol. The van der Waals surface area contributed by atoms with Gasteiger partial charge in [-0.15, -0.1) is 11.3 Å². The zero-order valence-electron chi connectivity index (χ0n) is 11.0. The van der Waals surface area contributed by atoms with Gasteiger partial charge in [-0.1, -0.05) is 18.2 Å². The number of benzene rings is 1. The van der Waals surface area contributed by atoms with Crippen molar-refractivity contribution in [3.63, 3.8) is 0 Å². The van der Waals surface area contributed by atoms with Crippen molar-refractivity contribution < 1.29 is 17.6 Å². The van der Waals surface area contributed by atoms with Gasteiger partial charge in [0, 0.05) is 11.9 Å². The second-order valence-electron chi connectivity index (χ2n) is 4.47. The Kier molecular flexibility index (Phi) is 3.46. The van der Waals surface area contributed by atoms with E-state index in [9.17, 15) is 13.2 Å². The molecule has 21 heavy (non-hydrogen) atoms. The molecule has 0 aliphatic rings. The minimum atomic E-state index is -4.47. The summed E-state index contributed by atoms with van der Waals surface area (Å²) in [6, 6.07) is 8.97. The van der Waals surface area contributed by atoms with Gasteiger partial charge in [0.15, 0.2) is 16.5 Å². The molecule has 1 aromatic carbocycles. The summed E-state index contributed by atoms with van der Waals surface area (Å²) in [7, 11) is 1.60. The lowest BCUT2D eigenvalue weighted by Gasteiger charge is -2.04. The van der Waals surface area contributed by atoms with Gasteiger partial charge in [0.1, 0.15) is 5.58 Å². The Morgan fingerprint density at radius 3 is 2.71 bits per heavy atom. The number of hydrogen-bond donors (Lipinski definition) is 1. The molecule has 1 N–H and O–H groups in total. The second-order valence-corrected chi connectivity index (χ2v) is 5.55. The van der Waals surface area contributed by atoms with E-state index in [-0.39, 0.29) is 16.4 Å². The first-order chi connectivity index (χ1) is 9.99. The average Bonchev–Trinajstić information content (AvgIpc) is 3.01. The maximum absolute atomic E-state index is 13.0. The predicted molar refractivity (Wildman–Crippen MR) is 75.1 cm³/mol. The molecule has 0 unspecified atom stereocenters. The first-order valence-corrected chi connectivity index (χ1v) is 7.01. The third-order valence-corrected chi connectivity index (χ3v) is 4.01. The number of para-hydroxylation sites is 1. The molecule has 3 rings (SSSR count). The first-order valence-electron chi connectivity index (χ1n) is 6.19. The maximum atomic E-state index is 13.0. The Morgan fingerprint density at radius 2 is 2.05 bits per heavy atom. The van der Waals surface area contributed by atoms with E-state index in [1.54, 1.807) is 19.2 Å². The Balaban J connectivity index is 2.09. The Bertz CT molecular complexity index is 743. The summed E-state index contributed by atoms with van der Waals surface area (Å²) in [5.74, 6) is 0.356. The van der Waals surface area contributed by atoms with Gasteiger partial charge < -0.3 is 9.73 Å². The Morgan fingerprint density at radius 1 is 1.29 bits per heavy atom. The summed E-state index contributed by atoms with van der Waals surface area (Å²) in [5.41, 5.74) is -0.219. The van der Waals surface area contributed by atoms with Crippen LogP contribution in [-0.4, -0.2) is 12.0 Å². The topological polar surface area (TPSA) is 38.1 Å². The van der Waals surface area contributed by atoms with Crippen molar-refractivity contribution in [1.29, 1.82) is 0 Å². The summed E-state index contributed by atoms with van der Waals surface area (Å²) >= 11 is 0.992. The Labute approximate surface area is 122 Å². The van der Waals surface area contributed by atoms with Crippen LogP contribution in [0.3, 0.4) is 0 Å². The van der Waals surface area contributed by atoms with E-state index in [2.05, 4.69) is 10.3 Å². The average molecular weight is 312 g/mol. The van der Waals surface area contributed by atoms with Crippen LogP contribution in [0.5, 0.6) is 0 Å². The molecule has 0 saturated heterocycles. The minimum Gasteiger partial charge on any atom is -0.454 e. The van der Waals surface area contributed by atoms with Crippen LogP contribution in [0, 0.1) is 0 Å². The summed E-state index contributed by atoms with van der Waals surface area (Å²) in [6.45, 7) is 0.118. The highest BCUT2D eigenvalue weighted by molar-refractivity contribution is 7.15. The highest BCUT2D eigenvalue weighted by Gasteiger charge is 2.37. The van der Waals surface area contributed by atoms with Crippen molar-refractivity contribution in [3.05, 3.63) is 40.9 Å². The minimum absolute atomic E-state index is 0.118. The number of alkyl halides is 3. The van der Waals surface area contributed by atoms with Gasteiger partial charge in [0.05, 0.1) is 4.88 Å². The maximum Gasteiger partial charge on any atom is 0.434 e. The quantitative estimate of drug-likeness (QED) is 0.784. The molecule has 2 heterocycles. The molecule has 0 aliphatic heterocycles. The fourth-order valence-electron chi connectivity index (χ4n) is 2.05. The molecule has 0 amide bonds. The highest BCUT2D eigenvalue weighted by Crippen LogP contribution is 2.38. The fourth-order valence-corrected chi connectivity index (χ4v) is 3.09. The number of rotatable bonds is 3. The number of nitrogens with one attached hydrogen (secondary N) is 1. The van der Waals surface area contributed by atoms with Gasteiger partial charge in [0.25, 0.3) is 0 Å². The van der Waals surface area contributed by atoms with E-state index in [1.807, 2.05) is 18.2 Å². The normalized spacial score (nSPS) is 12.2. The third kappa shape index (κ3) is 2.66. The number of nitrogens with zero attached hydrogens (tertiary/aromatic N) is 1. The van der Waals surface area contributed by atoms with Crippen LogP contribution < -0.4 is 5.32 Å². The molecular weight excluding hydrogens is 301 g/mol. The molecule has 0 aliphatic carbocycles. The van der Waals surface area contributed by atoms with Crippen LogP contribution in [0.15, 0.2) is 34.7 Å². The summed E-state index contributed by atoms with van der Waals surface area (Å²) in [5, 5.41) is 3.81. The number of thiazole rings is 1. The van der Waals surface area contributed by atoms with E-state index in [1.165, 1.54) is 0 Å². The van der Waals surface area contributed by atoms with Crippen LogP contribution in [0.2, 0.25) is 0 Å². The molecule has 7 heteroatoms. The van der Waals surface area contributed by atoms with Crippen molar-refractivity contribution in [2.75, 3.05) is 7.05 Å². The molecule has 3 nitrogen and oxygen atoms in total. The summed E-state index contributed by atoms with van der Waals surface area (Å²) < 4.78 is 44.5. The SMILES string of the molecule is CNCc1sc(-c2cc3ccccc3o2)nc1C(F)(F)F. The molecule has 0 bridgehead atoms. The smallest absolute Gasteiger partial charge is 0.434 e. The second kappa shape index (κ2) is 5.16. The lowest BCUT2D eigenvalue weighted by Crippen LogP contribution is -2.12. The van der Waals surface area contributed by atoms with E-state index >= 15 is 0 Å². The largest absolute Gasteiger partial charge is 0.454 e. The van der Waals surface area contributed by atoms with Crippen molar-refractivity contribution in [2.24, 2.45) is 0 Å². The van der Waals surface area contributed by atoms with Gasteiger partial charge in [0.2, 0.25) is 0 Å². The molecule has 0 saturated carbocycles. The molecular formula is C14H11F3N2OS. The van der Waals surface area contributed by atoms with Crippen LogP contribution in [0.25, 0.3) is 21.7 Å². The van der Waals surface area contributed by atoms with E-state index in [0.29, 0.717) is 11.3 Å². The third-order valence-electron chi connectivity index (χ3n) is 2.94. The molecule has 0 spiro atoms. The lowest BCUT2D eigenvalue weighted by molar-refractivity contribution is -0.141. The number of halogens is 3. The van der Waals surface area contributed by atoms with E-state index in [4.69, 9.17) is 4.42 Å². The van der Waals surface area contributed by atoms with Crippen LogP contribution in [0.1, 0.15) is 10.6 Å². The zero-order chi connectivity index (χ0) is 15.0. The van der Waals surface area contributed by atoms with Crippen molar-refractivity contribution in [2.45, 2.75) is 12.7 Å². The van der Waals surface area contributed by atoms with Crippen molar-refractivity contribution in [1.82, 2.24) is 10.3 Å². The number of furan rings is 1. The van der Waals surface area contributed by atoms with Crippen molar-refractivity contribution in [3.8, 4) is 10.8 Å². The zero-order valence-corrected chi connectivity index (χ0v) is 11.8. The summed E-state index contributed by atoms with van der Waals surface area (Å²) in [4.78, 5) is 3.88. The van der Waals surface area contributed by atoms with Crippen LogP contribution in [-0.2, 0) is 12.7 Å². The predicted octanol–water partition coefficient (Wildman–Crippen LogP) is 4.29. The molecule has 110 valence electrons. The van der Waals surface area contributed by atoms with E-state index in [0.717, 1.165) is 16.7 Å². The van der Waals surface area contributed by atoms with Gasteiger partial charge in [-0.05, 0) is 19.2 Å². The van der Waals surface area contributed by atoms with Gasteiger partial charge in [-0.3, -0.25) is 0 Å². The number of aromatic nitrogens is 1. The van der Waals surface area contributed by atoms with E-state index < -0.39 is 11.9 Å². The lowest BCUT2D eigenvalue weighted by atomic mass is 10.2. The first kappa shape index (κ1) is 14.1.